The molecule has 1 atom stereocenters. The lowest BCUT2D eigenvalue weighted by Gasteiger charge is -2.20. The zero-order valence-corrected chi connectivity index (χ0v) is 18.4. The predicted octanol–water partition coefficient (Wildman–Crippen LogP) is 5.02. The molecule has 0 spiro atoms. The van der Waals surface area contributed by atoms with Crippen LogP contribution in [-0.2, 0) is 11.0 Å². The fraction of sp³-hybridized carbons (Fsp3) is 0.292. The topological polar surface area (TPSA) is 93.5 Å². The van der Waals surface area contributed by atoms with E-state index in [0.717, 1.165) is 22.7 Å². The van der Waals surface area contributed by atoms with Crippen molar-refractivity contribution in [1.29, 1.82) is 0 Å². The van der Waals surface area contributed by atoms with Gasteiger partial charge in [-0.25, -0.2) is 4.68 Å². The fourth-order valence-electron chi connectivity index (χ4n) is 3.25. The van der Waals surface area contributed by atoms with Crippen molar-refractivity contribution in [3.05, 3.63) is 77.6 Å². The summed E-state index contributed by atoms with van der Waals surface area (Å²) < 4.78 is 45.6. The normalized spacial score (nSPS) is 12.2. The highest BCUT2D eigenvalue weighted by Gasteiger charge is 2.33. The smallest absolute Gasteiger partial charge is 0.435 e. The van der Waals surface area contributed by atoms with Crippen molar-refractivity contribution in [1.82, 2.24) is 15.1 Å². The standard InChI is InChI=1S/C24H24F3N3O4/c1-2-3-20(16-4-6-17(7-5-16)23(33)28-14-12-22(31)32)34-19-10-8-18(9-11-19)30-15-13-21(29-30)24(25,26)27/h4-11,13,15,20H,2-3,12,14H2,1H3,(H,28,33)(H,31,32). The number of alkyl halides is 3. The van der Waals surface area contributed by atoms with Crippen molar-refractivity contribution < 1.29 is 32.6 Å². The van der Waals surface area contributed by atoms with E-state index in [-0.39, 0.29) is 25.0 Å². The maximum absolute atomic E-state index is 12.8. The summed E-state index contributed by atoms with van der Waals surface area (Å²) in [6.45, 7) is 2.06. The quantitative estimate of drug-likeness (QED) is 0.430. The number of benzene rings is 2. The number of amides is 1. The lowest BCUT2D eigenvalue weighted by molar-refractivity contribution is -0.141. The maximum atomic E-state index is 12.8. The molecule has 2 aromatic carbocycles. The Morgan fingerprint density at radius 3 is 2.32 bits per heavy atom. The molecule has 1 amide bonds. The van der Waals surface area contributed by atoms with Crippen molar-refractivity contribution in [2.45, 2.75) is 38.5 Å². The van der Waals surface area contributed by atoms with E-state index in [2.05, 4.69) is 10.4 Å². The van der Waals surface area contributed by atoms with Crippen molar-refractivity contribution >= 4 is 11.9 Å². The number of carboxylic acid groups (broad SMARTS) is 1. The minimum Gasteiger partial charge on any atom is -0.486 e. The van der Waals surface area contributed by atoms with Gasteiger partial charge in [-0.1, -0.05) is 25.5 Å². The van der Waals surface area contributed by atoms with Crippen LogP contribution in [0, 0.1) is 0 Å². The molecule has 3 aromatic rings. The van der Waals surface area contributed by atoms with Gasteiger partial charge in [0.15, 0.2) is 5.69 Å². The SMILES string of the molecule is CCCC(Oc1ccc(-n2ccc(C(F)(F)F)n2)cc1)c1ccc(C(=O)NCCC(=O)O)cc1. The first-order valence-corrected chi connectivity index (χ1v) is 10.7. The van der Waals surface area contributed by atoms with Crippen LogP contribution < -0.4 is 10.1 Å². The fourth-order valence-corrected chi connectivity index (χ4v) is 3.25. The monoisotopic (exact) mass is 475 g/mol. The summed E-state index contributed by atoms with van der Waals surface area (Å²) >= 11 is 0. The lowest BCUT2D eigenvalue weighted by Crippen LogP contribution is -2.26. The van der Waals surface area contributed by atoms with Crippen LogP contribution in [0.15, 0.2) is 60.8 Å². The molecular weight excluding hydrogens is 451 g/mol. The van der Waals surface area contributed by atoms with Crippen LogP contribution in [-0.4, -0.2) is 33.3 Å². The van der Waals surface area contributed by atoms with E-state index in [9.17, 15) is 22.8 Å². The Labute approximate surface area is 194 Å². The minimum absolute atomic E-state index is 0.0452. The van der Waals surface area contributed by atoms with Gasteiger partial charge in [0.25, 0.3) is 5.91 Å². The molecule has 2 N–H and O–H groups in total. The number of nitrogens with one attached hydrogen (secondary N) is 1. The molecule has 0 radical (unpaired) electrons. The van der Waals surface area contributed by atoms with E-state index >= 15 is 0 Å². The number of hydrogen-bond acceptors (Lipinski definition) is 4. The third kappa shape index (κ3) is 6.60. The van der Waals surface area contributed by atoms with Gasteiger partial charge in [0.05, 0.1) is 12.1 Å². The van der Waals surface area contributed by atoms with Gasteiger partial charge in [0.1, 0.15) is 11.9 Å². The van der Waals surface area contributed by atoms with Gasteiger partial charge in [-0.2, -0.15) is 18.3 Å². The number of ether oxygens (including phenoxy) is 1. The third-order valence-corrected chi connectivity index (χ3v) is 4.98. The molecule has 10 heteroatoms. The molecule has 34 heavy (non-hydrogen) atoms. The van der Waals surface area contributed by atoms with Gasteiger partial charge >= 0.3 is 12.1 Å². The Morgan fingerprint density at radius 1 is 1.09 bits per heavy atom. The molecule has 0 aliphatic heterocycles. The zero-order chi connectivity index (χ0) is 24.7. The minimum atomic E-state index is -4.50. The van der Waals surface area contributed by atoms with Gasteiger partial charge in [-0.15, -0.1) is 0 Å². The third-order valence-electron chi connectivity index (χ3n) is 4.98. The van der Waals surface area contributed by atoms with Crippen LogP contribution in [0.3, 0.4) is 0 Å². The van der Waals surface area contributed by atoms with Crippen LogP contribution in [0.5, 0.6) is 5.75 Å². The number of aliphatic carboxylic acids is 1. The van der Waals surface area contributed by atoms with E-state index < -0.39 is 17.8 Å². The summed E-state index contributed by atoms with van der Waals surface area (Å²) in [5.74, 6) is -0.802. The number of rotatable bonds is 10. The number of carboxylic acids is 1. The van der Waals surface area contributed by atoms with Crippen LogP contribution in [0.2, 0.25) is 0 Å². The molecule has 0 saturated heterocycles. The first-order chi connectivity index (χ1) is 16.2. The van der Waals surface area contributed by atoms with Crippen LogP contribution in [0.25, 0.3) is 5.69 Å². The number of carbonyl (C=O) groups is 2. The second kappa shape index (κ2) is 10.9. The second-order valence-corrected chi connectivity index (χ2v) is 7.55. The van der Waals surface area contributed by atoms with Crippen molar-refractivity contribution in [3.63, 3.8) is 0 Å². The number of halogens is 3. The van der Waals surface area contributed by atoms with E-state index in [1.165, 1.54) is 6.20 Å². The Balaban J connectivity index is 1.67. The van der Waals surface area contributed by atoms with Crippen LogP contribution in [0.4, 0.5) is 13.2 Å². The molecule has 7 nitrogen and oxygen atoms in total. The summed E-state index contributed by atoms with van der Waals surface area (Å²) in [7, 11) is 0. The highest BCUT2D eigenvalue weighted by atomic mass is 19.4. The van der Waals surface area contributed by atoms with E-state index in [4.69, 9.17) is 9.84 Å². The summed E-state index contributed by atoms with van der Waals surface area (Å²) in [4.78, 5) is 22.7. The molecule has 0 aliphatic rings. The number of carbonyl (C=O) groups excluding carboxylic acids is 1. The average molecular weight is 475 g/mol. The molecule has 1 heterocycles. The Hall–Kier alpha value is -3.82. The molecule has 3 rings (SSSR count). The Bertz CT molecular complexity index is 1110. The number of nitrogens with zero attached hydrogens (tertiary/aromatic N) is 2. The Kier molecular flexibility index (Phi) is 7.93. The van der Waals surface area contributed by atoms with Crippen molar-refractivity contribution in [2.24, 2.45) is 0 Å². The van der Waals surface area contributed by atoms with Crippen LogP contribution in [0.1, 0.15) is 53.9 Å². The van der Waals surface area contributed by atoms with Gasteiger partial charge in [0.2, 0.25) is 0 Å². The Morgan fingerprint density at radius 2 is 1.76 bits per heavy atom. The average Bonchev–Trinajstić information content (AvgIpc) is 3.30. The first kappa shape index (κ1) is 24.8. The van der Waals surface area contributed by atoms with Crippen molar-refractivity contribution in [2.75, 3.05) is 6.54 Å². The van der Waals surface area contributed by atoms with Gasteiger partial charge < -0.3 is 15.2 Å². The molecule has 1 aromatic heterocycles. The molecule has 180 valence electrons. The molecular formula is C24H24F3N3O4. The first-order valence-electron chi connectivity index (χ1n) is 10.7. The zero-order valence-electron chi connectivity index (χ0n) is 18.4. The predicted molar refractivity (Wildman–Crippen MR) is 118 cm³/mol. The number of hydrogen-bond donors (Lipinski definition) is 2. The molecule has 0 fully saturated rings. The van der Waals surface area contributed by atoms with Crippen molar-refractivity contribution in [3.8, 4) is 11.4 Å². The van der Waals surface area contributed by atoms with Crippen LogP contribution >= 0.6 is 0 Å². The number of aromatic nitrogens is 2. The van der Waals surface area contributed by atoms with E-state index in [0.29, 0.717) is 23.4 Å². The molecule has 0 bridgehead atoms. The maximum Gasteiger partial charge on any atom is 0.435 e. The molecule has 0 saturated carbocycles. The second-order valence-electron chi connectivity index (χ2n) is 7.55. The lowest BCUT2D eigenvalue weighted by atomic mass is 10.0. The van der Waals surface area contributed by atoms with Gasteiger partial charge in [0, 0.05) is 18.3 Å². The largest absolute Gasteiger partial charge is 0.486 e. The highest BCUT2D eigenvalue weighted by molar-refractivity contribution is 5.94. The summed E-state index contributed by atoms with van der Waals surface area (Å²) in [5, 5.41) is 14.8. The molecule has 0 aliphatic carbocycles. The van der Waals surface area contributed by atoms with E-state index in [1.54, 1.807) is 48.5 Å². The van der Waals surface area contributed by atoms with Gasteiger partial charge in [-0.3, -0.25) is 9.59 Å². The molecule has 1 unspecified atom stereocenters. The highest BCUT2D eigenvalue weighted by Crippen LogP contribution is 2.29. The summed E-state index contributed by atoms with van der Waals surface area (Å²) in [6.07, 6.45) is -2.15. The van der Waals surface area contributed by atoms with E-state index in [1.807, 2.05) is 6.92 Å². The summed E-state index contributed by atoms with van der Waals surface area (Å²) in [5.41, 5.74) is 0.768. The van der Waals surface area contributed by atoms with Gasteiger partial charge in [-0.05, 0) is 54.4 Å². The summed E-state index contributed by atoms with van der Waals surface area (Å²) in [6, 6.07) is 14.3.